The van der Waals surface area contributed by atoms with Crippen molar-refractivity contribution < 1.29 is 8.42 Å². The van der Waals surface area contributed by atoms with Crippen LogP contribution in [0.4, 0.5) is 5.13 Å². The number of halogens is 1. The van der Waals surface area contributed by atoms with Crippen LogP contribution in [0.1, 0.15) is 30.0 Å². The monoisotopic (exact) mass is 343 g/mol. The first-order valence-electron chi connectivity index (χ1n) is 6.46. The summed E-state index contributed by atoms with van der Waals surface area (Å²) in [5, 5.41) is 2.43. The fraction of sp³-hybridized carbons (Fsp3) is 0.308. The molecular weight excluding hydrogens is 330 g/mol. The summed E-state index contributed by atoms with van der Waals surface area (Å²) in [7, 11) is -3.76. The molecular formula is C13H14ClN3O2S2. The quantitative estimate of drug-likeness (QED) is 0.874. The number of hydrogen-bond acceptors (Lipinski definition) is 5. The van der Waals surface area contributed by atoms with Crippen molar-refractivity contribution in [3.05, 3.63) is 39.9 Å². The van der Waals surface area contributed by atoms with Crippen LogP contribution in [0.2, 0.25) is 5.02 Å². The van der Waals surface area contributed by atoms with Crippen LogP contribution in [0.3, 0.4) is 0 Å². The Labute approximate surface area is 132 Å². The van der Waals surface area contributed by atoms with Gasteiger partial charge < -0.3 is 5.73 Å². The van der Waals surface area contributed by atoms with Crippen LogP contribution in [0, 0.1) is 0 Å². The Balaban J connectivity index is 1.88. The Morgan fingerprint density at radius 3 is 2.86 bits per heavy atom. The molecule has 0 radical (unpaired) electrons. The number of thiazole rings is 1. The van der Waals surface area contributed by atoms with Crippen molar-refractivity contribution in [2.75, 3.05) is 4.72 Å². The van der Waals surface area contributed by atoms with E-state index >= 15 is 0 Å². The Bertz CT molecular complexity index is 769. The van der Waals surface area contributed by atoms with E-state index in [1.165, 1.54) is 23.5 Å². The molecule has 3 N–H and O–H groups in total. The maximum Gasteiger partial charge on any atom is 0.265 e. The molecule has 3 rings (SSSR count). The number of rotatable bonds is 5. The molecule has 0 saturated heterocycles. The molecule has 0 spiro atoms. The fourth-order valence-corrected chi connectivity index (χ4v) is 4.55. The standard InChI is InChI=1S/C13H14ClN3O2S2/c14-10-4-1-8(6-15)5-12(10)21(18,19)17-13-16-11(7-20-13)9-2-3-9/h1,4-5,7,9H,2-3,6,15H2,(H,16,17). The molecule has 8 heteroatoms. The highest BCUT2D eigenvalue weighted by Gasteiger charge is 2.27. The highest BCUT2D eigenvalue weighted by molar-refractivity contribution is 7.93. The van der Waals surface area contributed by atoms with E-state index in [1.807, 2.05) is 5.38 Å². The van der Waals surface area contributed by atoms with Gasteiger partial charge in [-0.25, -0.2) is 13.4 Å². The molecule has 2 aromatic rings. The van der Waals surface area contributed by atoms with Crippen molar-refractivity contribution in [3.63, 3.8) is 0 Å². The van der Waals surface area contributed by atoms with E-state index in [9.17, 15) is 8.42 Å². The molecule has 5 nitrogen and oxygen atoms in total. The first-order chi connectivity index (χ1) is 9.99. The van der Waals surface area contributed by atoms with Crippen LogP contribution in [-0.2, 0) is 16.6 Å². The fourth-order valence-electron chi connectivity index (χ4n) is 1.95. The Morgan fingerprint density at radius 1 is 1.43 bits per heavy atom. The predicted molar refractivity (Wildman–Crippen MR) is 84.2 cm³/mol. The summed E-state index contributed by atoms with van der Waals surface area (Å²) in [4.78, 5) is 4.34. The molecule has 21 heavy (non-hydrogen) atoms. The normalized spacial score (nSPS) is 15.1. The number of aromatic nitrogens is 1. The minimum atomic E-state index is -3.76. The van der Waals surface area contributed by atoms with Crippen molar-refractivity contribution in [1.29, 1.82) is 0 Å². The number of nitrogens with one attached hydrogen (secondary N) is 1. The van der Waals surface area contributed by atoms with E-state index in [2.05, 4.69) is 9.71 Å². The van der Waals surface area contributed by atoms with Gasteiger partial charge in [0.05, 0.1) is 10.7 Å². The van der Waals surface area contributed by atoms with Gasteiger partial charge in [0.25, 0.3) is 10.0 Å². The van der Waals surface area contributed by atoms with Gasteiger partial charge in [0.15, 0.2) is 5.13 Å². The van der Waals surface area contributed by atoms with Gasteiger partial charge in [-0.1, -0.05) is 17.7 Å². The molecule has 0 atom stereocenters. The third-order valence-corrected chi connectivity index (χ3v) is 5.99. The predicted octanol–water partition coefficient (Wildman–Crippen LogP) is 2.93. The molecule has 0 aliphatic heterocycles. The molecule has 1 aromatic heterocycles. The van der Waals surface area contributed by atoms with Gasteiger partial charge in [-0.15, -0.1) is 11.3 Å². The summed E-state index contributed by atoms with van der Waals surface area (Å²) in [6.45, 7) is 0.253. The lowest BCUT2D eigenvalue weighted by atomic mass is 10.2. The molecule has 112 valence electrons. The third kappa shape index (κ3) is 3.21. The van der Waals surface area contributed by atoms with Crippen molar-refractivity contribution in [2.24, 2.45) is 5.73 Å². The van der Waals surface area contributed by atoms with Gasteiger partial charge in [-0.3, -0.25) is 4.72 Å². The zero-order valence-electron chi connectivity index (χ0n) is 11.0. The average molecular weight is 344 g/mol. The van der Waals surface area contributed by atoms with Gasteiger partial charge in [-0.2, -0.15) is 0 Å². The van der Waals surface area contributed by atoms with Crippen molar-refractivity contribution >= 4 is 38.1 Å². The van der Waals surface area contributed by atoms with E-state index in [4.69, 9.17) is 17.3 Å². The minimum Gasteiger partial charge on any atom is -0.326 e. The van der Waals surface area contributed by atoms with E-state index in [1.54, 1.807) is 6.07 Å². The average Bonchev–Trinajstić information content (AvgIpc) is 3.20. The van der Waals surface area contributed by atoms with Crippen molar-refractivity contribution in [1.82, 2.24) is 4.98 Å². The maximum atomic E-state index is 12.4. The summed E-state index contributed by atoms with van der Waals surface area (Å²) in [6.07, 6.45) is 2.25. The molecule has 1 heterocycles. The van der Waals surface area contributed by atoms with E-state index < -0.39 is 10.0 Å². The molecule has 1 saturated carbocycles. The van der Waals surface area contributed by atoms with Crippen molar-refractivity contribution in [2.45, 2.75) is 30.2 Å². The summed E-state index contributed by atoms with van der Waals surface area (Å²) in [5.74, 6) is 0.490. The molecule has 1 aliphatic rings. The van der Waals surface area contributed by atoms with Gasteiger partial charge in [0, 0.05) is 17.8 Å². The molecule has 1 aromatic carbocycles. The first-order valence-corrected chi connectivity index (χ1v) is 9.20. The summed E-state index contributed by atoms with van der Waals surface area (Å²) >= 11 is 7.28. The van der Waals surface area contributed by atoms with Crippen LogP contribution < -0.4 is 10.5 Å². The smallest absolute Gasteiger partial charge is 0.265 e. The van der Waals surface area contributed by atoms with Crippen LogP contribution in [0.5, 0.6) is 0 Å². The van der Waals surface area contributed by atoms with E-state index in [-0.39, 0.29) is 16.5 Å². The maximum absolute atomic E-state index is 12.4. The second-order valence-corrected chi connectivity index (χ2v) is 7.84. The van der Waals surface area contributed by atoms with Gasteiger partial charge >= 0.3 is 0 Å². The van der Waals surface area contributed by atoms with Gasteiger partial charge in [-0.05, 0) is 30.5 Å². The molecule has 0 bridgehead atoms. The minimum absolute atomic E-state index is 0.0234. The largest absolute Gasteiger partial charge is 0.326 e. The van der Waals surface area contributed by atoms with E-state index in [0.29, 0.717) is 16.6 Å². The lowest BCUT2D eigenvalue weighted by Gasteiger charge is -2.08. The van der Waals surface area contributed by atoms with Crippen LogP contribution >= 0.6 is 22.9 Å². The lowest BCUT2D eigenvalue weighted by molar-refractivity contribution is 0.601. The number of anilines is 1. The summed E-state index contributed by atoms with van der Waals surface area (Å²) in [6, 6.07) is 4.73. The molecule has 1 aliphatic carbocycles. The number of benzene rings is 1. The zero-order chi connectivity index (χ0) is 15.0. The summed E-state index contributed by atoms with van der Waals surface area (Å²) in [5.41, 5.74) is 7.20. The van der Waals surface area contributed by atoms with Crippen LogP contribution in [-0.4, -0.2) is 13.4 Å². The highest BCUT2D eigenvalue weighted by atomic mass is 35.5. The number of hydrogen-bond donors (Lipinski definition) is 2. The van der Waals surface area contributed by atoms with Crippen LogP contribution in [0.25, 0.3) is 0 Å². The van der Waals surface area contributed by atoms with Gasteiger partial charge in [0.2, 0.25) is 0 Å². The number of nitrogens with zero attached hydrogens (tertiary/aromatic N) is 1. The topological polar surface area (TPSA) is 85.1 Å². The van der Waals surface area contributed by atoms with Crippen LogP contribution in [0.15, 0.2) is 28.5 Å². The summed E-state index contributed by atoms with van der Waals surface area (Å²) < 4.78 is 27.3. The zero-order valence-corrected chi connectivity index (χ0v) is 13.4. The number of nitrogens with two attached hydrogens (primary N) is 1. The van der Waals surface area contributed by atoms with Crippen molar-refractivity contribution in [3.8, 4) is 0 Å². The highest BCUT2D eigenvalue weighted by Crippen LogP contribution is 2.41. The lowest BCUT2D eigenvalue weighted by Crippen LogP contribution is -2.14. The Kier molecular flexibility index (Phi) is 3.92. The van der Waals surface area contributed by atoms with E-state index in [0.717, 1.165) is 18.5 Å². The second-order valence-electron chi connectivity index (χ2n) is 4.93. The molecule has 1 fully saturated rings. The molecule has 0 unspecified atom stereocenters. The molecule has 0 amide bonds. The SMILES string of the molecule is NCc1ccc(Cl)c(S(=O)(=O)Nc2nc(C3CC3)cs2)c1. The Hall–Kier alpha value is -1.15. The first kappa shape index (κ1) is 14.8. The second kappa shape index (κ2) is 5.57. The Morgan fingerprint density at radius 2 is 2.19 bits per heavy atom. The van der Waals surface area contributed by atoms with Gasteiger partial charge in [0.1, 0.15) is 4.90 Å². The third-order valence-electron chi connectivity index (χ3n) is 3.26. The number of sulfonamides is 1.